The summed E-state index contributed by atoms with van der Waals surface area (Å²) < 4.78 is 4.92. The van der Waals surface area contributed by atoms with Crippen molar-refractivity contribution in [2.45, 2.75) is 24.5 Å². The van der Waals surface area contributed by atoms with Crippen LogP contribution in [0.1, 0.15) is 22.3 Å². The number of aliphatic hydroxyl groups excluding tert-OH is 2. The fraction of sp³-hybridized carbons (Fsp3) is 0.290. The predicted molar refractivity (Wildman–Crippen MR) is 154 cm³/mol. The second kappa shape index (κ2) is 10.7. The number of amides is 2. The number of anilines is 1. The van der Waals surface area contributed by atoms with Crippen molar-refractivity contribution in [3.05, 3.63) is 82.8 Å². The molecule has 0 aliphatic heterocycles. The average molecular weight is 590 g/mol. The Kier molecular flexibility index (Phi) is 7.36. The van der Waals surface area contributed by atoms with E-state index in [1.807, 2.05) is 0 Å². The third-order valence-electron chi connectivity index (χ3n) is 8.38. The minimum absolute atomic E-state index is 0.0173. The molecular formula is C31H31N3O9. The molecule has 7 N–H and O–H groups in total. The number of nitrogens with two attached hydrogens (primary N) is 1. The van der Waals surface area contributed by atoms with Gasteiger partial charge in [-0.05, 0) is 67.7 Å². The number of carbonyl (C=O) groups is 4. The Morgan fingerprint density at radius 3 is 2.42 bits per heavy atom. The maximum absolute atomic E-state index is 13.9. The van der Waals surface area contributed by atoms with Crippen LogP contribution in [0.15, 0.2) is 71.7 Å². The zero-order valence-corrected chi connectivity index (χ0v) is 23.5. The van der Waals surface area contributed by atoms with E-state index >= 15 is 0 Å². The van der Waals surface area contributed by atoms with Gasteiger partial charge in [-0.1, -0.05) is 30.9 Å². The van der Waals surface area contributed by atoms with Crippen LogP contribution in [0.5, 0.6) is 5.75 Å². The number of aromatic hydroxyl groups is 1. The molecule has 3 aliphatic carbocycles. The van der Waals surface area contributed by atoms with Crippen LogP contribution in [0.3, 0.4) is 0 Å². The summed E-state index contributed by atoms with van der Waals surface area (Å²) in [7, 11) is 3.14. The molecule has 43 heavy (non-hydrogen) atoms. The summed E-state index contributed by atoms with van der Waals surface area (Å²) in [5.41, 5.74) is 3.73. The van der Waals surface area contributed by atoms with Gasteiger partial charge in [-0.3, -0.25) is 24.6 Å². The van der Waals surface area contributed by atoms with E-state index in [2.05, 4.69) is 11.9 Å². The Morgan fingerprint density at radius 2 is 1.81 bits per heavy atom. The second-order valence-electron chi connectivity index (χ2n) is 11.0. The first-order valence-corrected chi connectivity index (χ1v) is 13.5. The van der Waals surface area contributed by atoms with Crippen molar-refractivity contribution in [3.8, 4) is 16.9 Å². The van der Waals surface area contributed by atoms with Gasteiger partial charge in [-0.2, -0.15) is 0 Å². The number of likely N-dealkylation sites (N-methyl/N-ethyl adjacent to an activating group) is 1. The van der Waals surface area contributed by atoms with Crippen molar-refractivity contribution < 1.29 is 44.3 Å². The Labute approximate surface area is 246 Å². The number of primary amides is 1. The number of allylic oxidation sites excluding steroid dienone is 1. The van der Waals surface area contributed by atoms with Gasteiger partial charge >= 0.3 is 6.09 Å². The van der Waals surface area contributed by atoms with Gasteiger partial charge in [0.15, 0.2) is 11.4 Å². The molecule has 0 heterocycles. The van der Waals surface area contributed by atoms with Crippen LogP contribution in [-0.4, -0.2) is 81.2 Å². The number of Topliss-reactive ketones (excluding diaryl/α,β-unsaturated/α-hetero) is 2. The maximum Gasteiger partial charge on any atom is 0.411 e. The minimum Gasteiger partial charge on any atom is -0.510 e. The normalized spacial score (nSPS) is 24.7. The zero-order valence-electron chi connectivity index (χ0n) is 23.5. The van der Waals surface area contributed by atoms with Crippen molar-refractivity contribution in [2.24, 2.45) is 17.6 Å². The summed E-state index contributed by atoms with van der Waals surface area (Å²) in [5, 5.41) is 47.4. The third-order valence-corrected chi connectivity index (χ3v) is 8.38. The van der Waals surface area contributed by atoms with Gasteiger partial charge in [0.25, 0.3) is 5.91 Å². The van der Waals surface area contributed by atoms with Crippen LogP contribution in [0, 0.1) is 11.8 Å². The fourth-order valence-corrected chi connectivity index (χ4v) is 6.54. The van der Waals surface area contributed by atoms with Crippen molar-refractivity contribution in [1.29, 1.82) is 0 Å². The molecule has 0 fully saturated rings. The summed E-state index contributed by atoms with van der Waals surface area (Å²) in [6.45, 7) is 3.54. The lowest BCUT2D eigenvalue weighted by atomic mass is 9.58. The number of phenols is 1. The van der Waals surface area contributed by atoms with Crippen LogP contribution in [0.4, 0.5) is 10.5 Å². The minimum atomic E-state index is -2.70. The average Bonchev–Trinajstić information content (AvgIpc) is 2.94. The largest absolute Gasteiger partial charge is 0.510 e. The molecule has 4 atom stereocenters. The lowest BCUT2D eigenvalue weighted by Gasteiger charge is -2.50. The summed E-state index contributed by atoms with van der Waals surface area (Å²) in [4.78, 5) is 52.8. The lowest BCUT2D eigenvalue weighted by Crippen LogP contribution is -2.63. The molecule has 0 saturated carbocycles. The number of carbonyl (C=O) groups excluding carboxylic acids is 4. The summed E-state index contributed by atoms with van der Waals surface area (Å²) in [5.74, 6) is -7.06. The molecule has 0 unspecified atom stereocenters. The molecule has 2 aromatic rings. The fourth-order valence-electron chi connectivity index (χ4n) is 6.54. The van der Waals surface area contributed by atoms with E-state index in [1.54, 1.807) is 44.4 Å². The molecule has 5 rings (SSSR count). The lowest BCUT2D eigenvalue weighted by molar-refractivity contribution is -0.148. The molecule has 2 amide bonds. The second-order valence-corrected chi connectivity index (χ2v) is 11.0. The number of fused-ring (bicyclic) bond motifs is 3. The SMILES string of the molecule is C=CCOC(=O)Nc1ccc(-c2ccc(O)c3c2C[C@H]2C[C@H]4[C@@H](N(C)C)C(O)=C(C(N)=O)C(=O)[C@@]4(O)C(O)=C2C3=O)cc1. The number of phenolic OH excluding ortho intramolecular Hbond substituents is 1. The van der Waals surface area contributed by atoms with Gasteiger partial charge in [0.05, 0.1) is 11.6 Å². The highest BCUT2D eigenvalue weighted by Crippen LogP contribution is 2.53. The Balaban J connectivity index is 1.58. The smallest absolute Gasteiger partial charge is 0.411 e. The van der Waals surface area contributed by atoms with Gasteiger partial charge in [-0.15, -0.1) is 0 Å². The predicted octanol–water partition coefficient (Wildman–Crippen LogP) is 2.52. The van der Waals surface area contributed by atoms with Crippen LogP contribution in [0.2, 0.25) is 0 Å². The topological polar surface area (TPSA) is 200 Å². The number of ketones is 2. The number of nitrogens with one attached hydrogen (secondary N) is 1. The molecule has 0 aromatic heterocycles. The van der Waals surface area contributed by atoms with E-state index in [0.717, 1.165) is 0 Å². The first-order chi connectivity index (χ1) is 20.3. The Morgan fingerprint density at radius 1 is 1.14 bits per heavy atom. The quantitative estimate of drug-likeness (QED) is 0.215. The van der Waals surface area contributed by atoms with Gasteiger partial charge in [0, 0.05) is 17.2 Å². The zero-order chi connectivity index (χ0) is 31.4. The number of rotatable bonds is 6. The van der Waals surface area contributed by atoms with Crippen molar-refractivity contribution in [1.82, 2.24) is 4.90 Å². The van der Waals surface area contributed by atoms with Crippen LogP contribution in [-0.2, 0) is 20.7 Å². The monoisotopic (exact) mass is 589 g/mol. The van der Waals surface area contributed by atoms with Gasteiger partial charge in [0.2, 0.25) is 5.78 Å². The highest BCUT2D eigenvalue weighted by atomic mass is 16.5. The molecule has 0 radical (unpaired) electrons. The van der Waals surface area contributed by atoms with Crippen LogP contribution >= 0.6 is 0 Å². The van der Waals surface area contributed by atoms with Crippen molar-refractivity contribution in [3.63, 3.8) is 0 Å². The van der Waals surface area contributed by atoms with E-state index in [9.17, 15) is 39.6 Å². The van der Waals surface area contributed by atoms with Gasteiger partial charge in [-0.25, -0.2) is 4.79 Å². The van der Waals surface area contributed by atoms with Gasteiger partial charge in [0.1, 0.15) is 29.4 Å². The highest BCUT2D eigenvalue weighted by molar-refractivity contribution is 6.25. The number of ether oxygens (including phenoxy) is 1. The van der Waals surface area contributed by atoms with E-state index in [4.69, 9.17) is 10.5 Å². The molecule has 12 heteroatoms. The van der Waals surface area contributed by atoms with Crippen LogP contribution < -0.4 is 11.1 Å². The Hall–Kier alpha value is -4.94. The van der Waals surface area contributed by atoms with E-state index < -0.39 is 64.1 Å². The maximum atomic E-state index is 13.9. The van der Waals surface area contributed by atoms with E-state index in [1.165, 1.54) is 17.0 Å². The molecule has 224 valence electrons. The number of benzene rings is 2. The van der Waals surface area contributed by atoms with E-state index in [0.29, 0.717) is 22.4 Å². The van der Waals surface area contributed by atoms with Crippen LogP contribution in [0.25, 0.3) is 11.1 Å². The van der Waals surface area contributed by atoms with Crippen molar-refractivity contribution >= 4 is 29.3 Å². The molecule has 0 bridgehead atoms. The number of hydrogen-bond donors (Lipinski definition) is 6. The molecule has 12 nitrogen and oxygen atoms in total. The number of hydrogen-bond acceptors (Lipinski definition) is 10. The number of nitrogens with zero attached hydrogens (tertiary/aromatic N) is 1. The Bertz CT molecular complexity index is 1640. The molecule has 2 aromatic carbocycles. The van der Waals surface area contributed by atoms with E-state index in [-0.39, 0.29) is 36.3 Å². The summed E-state index contributed by atoms with van der Waals surface area (Å²) in [6, 6.07) is 8.64. The highest BCUT2D eigenvalue weighted by Gasteiger charge is 2.63. The summed E-state index contributed by atoms with van der Waals surface area (Å²) >= 11 is 0. The first-order valence-electron chi connectivity index (χ1n) is 13.5. The van der Waals surface area contributed by atoms with Crippen molar-refractivity contribution in [2.75, 3.05) is 26.0 Å². The first kappa shape index (κ1) is 29.5. The third kappa shape index (κ3) is 4.55. The molecule has 3 aliphatic rings. The molecule has 0 spiro atoms. The summed E-state index contributed by atoms with van der Waals surface area (Å²) in [6.07, 6.45) is 0.913. The molecular weight excluding hydrogens is 558 g/mol. The number of aliphatic hydroxyl groups is 3. The van der Waals surface area contributed by atoms with Gasteiger partial charge < -0.3 is 30.9 Å². The standard InChI is InChI=1S/C31H31N3O9/c1-4-11-43-30(41)33-16-7-5-14(6-8-16)17-9-10-20(35)22-18(17)12-15-13-19-24(34(2)3)26(37)23(29(32)40)28(39)31(19,42)27(38)21(15)25(22)36/h4-10,15,19,24,35,37-38,42H,1,11-13H2,2-3H3,(H2,32,40)(H,33,41)/t15-,19-,24+,31-/m0/s1. The molecule has 0 saturated heterocycles.